The van der Waals surface area contributed by atoms with Gasteiger partial charge < -0.3 is 10.1 Å². The molecule has 0 bridgehead atoms. The van der Waals surface area contributed by atoms with E-state index in [2.05, 4.69) is 12.2 Å². The summed E-state index contributed by atoms with van der Waals surface area (Å²) in [6, 6.07) is 11.3. The van der Waals surface area contributed by atoms with Crippen LogP contribution in [0.15, 0.2) is 36.4 Å². The normalized spacial score (nSPS) is 12.0. The Balaban J connectivity index is 2.03. The highest BCUT2D eigenvalue weighted by molar-refractivity contribution is 6.44. The topological polar surface area (TPSA) is 21.3 Å². The van der Waals surface area contributed by atoms with Crippen LogP contribution in [0.1, 0.15) is 18.9 Å². The minimum absolute atomic E-state index is 0.0339. The van der Waals surface area contributed by atoms with Gasteiger partial charge in [-0.15, -0.1) is 0 Å². The maximum absolute atomic E-state index is 6.17. The van der Waals surface area contributed by atoms with Crippen LogP contribution in [0, 0.1) is 6.92 Å². The highest BCUT2D eigenvalue weighted by Crippen LogP contribution is 2.32. The zero-order chi connectivity index (χ0) is 16.1. The van der Waals surface area contributed by atoms with E-state index in [9.17, 15) is 0 Å². The summed E-state index contributed by atoms with van der Waals surface area (Å²) in [5, 5.41) is 4.73. The van der Waals surface area contributed by atoms with Gasteiger partial charge in [0.1, 0.15) is 11.9 Å². The molecule has 1 N–H and O–H groups in total. The number of ether oxygens (including phenoxy) is 1. The third-order valence-corrected chi connectivity index (χ3v) is 4.41. The molecular weight excluding hydrogens is 341 g/mol. The van der Waals surface area contributed by atoms with Gasteiger partial charge in [0.05, 0.1) is 27.3 Å². The smallest absolute Gasteiger partial charge is 0.122 e. The molecule has 0 radical (unpaired) electrons. The van der Waals surface area contributed by atoms with Crippen LogP contribution in [-0.2, 0) is 0 Å². The number of benzene rings is 2. The lowest BCUT2D eigenvalue weighted by Crippen LogP contribution is -2.25. The summed E-state index contributed by atoms with van der Waals surface area (Å²) in [6.07, 6.45) is 0.909. The van der Waals surface area contributed by atoms with Gasteiger partial charge in [0.15, 0.2) is 0 Å². The van der Waals surface area contributed by atoms with Gasteiger partial charge in [-0.05, 0) is 37.1 Å². The number of rotatable bonds is 6. The Morgan fingerprint density at radius 3 is 2.41 bits per heavy atom. The van der Waals surface area contributed by atoms with E-state index in [0.717, 1.165) is 23.4 Å². The van der Waals surface area contributed by atoms with Crippen molar-refractivity contribution in [3.63, 3.8) is 0 Å². The molecule has 0 fully saturated rings. The molecule has 2 aromatic rings. The first-order valence-corrected chi connectivity index (χ1v) is 8.25. The Hall–Kier alpha value is -1.09. The molecule has 0 heterocycles. The van der Waals surface area contributed by atoms with Crippen LogP contribution in [0.2, 0.25) is 15.1 Å². The first-order valence-electron chi connectivity index (χ1n) is 7.12. The van der Waals surface area contributed by atoms with Gasteiger partial charge in [0, 0.05) is 0 Å². The second kappa shape index (κ2) is 7.96. The fourth-order valence-electron chi connectivity index (χ4n) is 2.02. The van der Waals surface area contributed by atoms with Crippen LogP contribution in [0.5, 0.6) is 5.75 Å². The number of nitrogens with one attached hydrogen (secondary N) is 1. The van der Waals surface area contributed by atoms with Crippen molar-refractivity contribution in [2.75, 3.05) is 11.9 Å². The van der Waals surface area contributed by atoms with E-state index in [0.29, 0.717) is 21.6 Å². The lowest BCUT2D eigenvalue weighted by Gasteiger charge is -2.20. The zero-order valence-electron chi connectivity index (χ0n) is 12.5. The quantitative estimate of drug-likeness (QED) is 0.618. The molecule has 2 rings (SSSR count). The Kier molecular flexibility index (Phi) is 6.25. The summed E-state index contributed by atoms with van der Waals surface area (Å²) in [7, 11) is 0. The van der Waals surface area contributed by atoms with Crippen LogP contribution in [0.25, 0.3) is 0 Å². The molecule has 2 nitrogen and oxygen atoms in total. The summed E-state index contributed by atoms with van der Waals surface area (Å²) < 4.78 is 6.05. The number of para-hydroxylation sites is 1. The Labute approximate surface area is 146 Å². The predicted octanol–water partition coefficient (Wildman–Crippen LogP) is 6.22. The van der Waals surface area contributed by atoms with Gasteiger partial charge in [-0.25, -0.2) is 0 Å². The molecule has 0 aliphatic rings. The van der Waals surface area contributed by atoms with Crippen molar-refractivity contribution in [3.8, 4) is 5.75 Å². The summed E-state index contributed by atoms with van der Waals surface area (Å²) in [4.78, 5) is 0. The molecule has 118 valence electrons. The molecule has 0 aliphatic heterocycles. The van der Waals surface area contributed by atoms with E-state index in [-0.39, 0.29) is 6.10 Å². The van der Waals surface area contributed by atoms with Gasteiger partial charge >= 0.3 is 0 Å². The van der Waals surface area contributed by atoms with Crippen LogP contribution in [-0.4, -0.2) is 12.6 Å². The lowest BCUT2D eigenvalue weighted by molar-refractivity contribution is 0.208. The molecule has 1 atom stereocenters. The van der Waals surface area contributed by atoms with Gasteiger partial charge in [0.25, 0.3) is 0 Å². The fraction of sp³-hybridized carbons (Fsp3) is 0.294. The van der Waals surface area contributed by atoms with Crippen molar-refractivity contribution in [2.45, 2.75) is 26.4 Å². The SMILES string of the molecule is CCC(CNc1cc(Cl)c(Cl)cc1Cl)Oc1ccccc1C. The van der Waals surface area contributed by atoms with Crippen LogP contribution >= 0.6 is 34.8 Å². The fourth-order valence-corrected chi connectivity index (χ4v) is 2.63. The second-order valence-electron chi connectivity index (χ2n) is 5.04. The molecule has 2 aromatic carbocycles. The van der Waals surface area contributed by atoms with E-state index in [1.165, 1.54) is 0 Å². The van der Waals surface area contributed by atoms with Crippen LogP contribution in [0.4, 0.5) is 5.69 Å². The minimum Gasteiger partial charge on any atom is -0.488 e. The first-order chi connectivity index (χ1) is 10.5. The van der Waals surface area contributed by atoms with Crippen molar-refractivity contribution in [1.29, 1.82) is 0 Å². The van der Waals surface area contributed by atoms with Gasteiger partial charge in [-0.3, -0.25) is 0 Å². The Bertz CT molecular complexity index is 646. The predicted molar refractivity (Wildman–Crippen MR) is 95.8 cm³/mol. The van der Waals surface area contributed by atoms with Crippen molar-refractivity contribution >= 4 is 40.5 Å². The summed E-state index contributed by atoms with van der Waals surface area (Å²) >= 11 is 18.1. The van der Waals surface area contributed by atoms with Crippen molar-refractivity contribution in [3.05, 3.63) is 57.0 Å². The van der Waals surface area contributed by atoms with Crippen LogP contribution < -0.4 is 10.1 Å². The van der Waals surface area contributed by atoms with Gasteiger partial charge in [-0.1, -0.05) is 59.9 Å². The zero-order valence-corrected chi connectivity index (χ0v) is 14.8. The maximum Gasteiger partial charge on any atom is 0.122 e. The molecule has 0 aliphatic carbocycles. The average molecular weight is 359 g/mol. The van der Waals surface area contributed by atoms with E-state index < -0.39 is 0 Å². The van der Waals surface area contributed by atoms with Gasteiger partial charge in [0.2, 0.25) is 0 Å². The molecule has 0 saturated carbocycles. The minimum atomic E-state index is 0.0339. The highest BCUT2D eigenvalue weighted by atomic mass is 35.5. The molecule has 0 aromatic heterocycles. The number of halogens is 3. The third-order valence-electron chi connectivity index (χ3n) is 3.37. The van der Waals surface area contributed by atoms with E-state index in [1.807, 2.05) is 31.2 Å². The van der Waals surface area contributed by atoms with E-state index >= 15 is 0 Å². The monoisotopic (exact) mass is 357 g/mol. The molecule has 5 heteroatoms. The van der Waals surface area contributed by atoms with Crippen molar-refractivity contribution < 1.29 is 4.74 Å². The maximum atomic E-state index is 6.17. The average Bonchev–Trinajstić information content (AvgIpc) is 2.50. The first kappa shape index (κ1) is 17.3. The highest BCUT2D eigenvalue weighted by Gasteiger charge is 2.12. The number of anilines is 1. The lowest BCUT2D eigenvalue weighted by atomic mass is 10.2. The van der Waals surface area contributed by atoms with E-state index in [1.54, 1.807) is 12.1 Å². The molecule has 0 saturated heterocycles. The molecule has 22 heavy (non-hydrogen) atoms. The number of aryl methyl sites for hydroxylation is 1. The summed E-state index contributed by atoms with van der Waals surface area (Å²) in [5.41, 5.74) is 1.87. The Morgan fingerprint density at radius 2 is 1.73 bits per heavy atom. The molecule has 1 unspecified atom stereocenters. The Morgan fingerprint density at radius 1 is 1.05 bits per heavy atom. The molecular formula is C17H18Cl3NO. The van der Waals surface area contributed by atoms with Crippen molar-refractivity contribution in [1.82, 2.24) is 0 Å². The van der Waals surface area contributed by atoms with Crippen LogP contribution in [0.3, 0.4) is 0 Å². The number of hydrogen-bond donors (Lipinski definition) is 1. The standard InChI is InChI=1S/C17H18Cl3NO/c1-3-12(22-17-7-5-4-6-11(17)2)10-21-16-9-14(19)13(18)8-15(16)20/h4-9,12,21H,3,10H2,1-2H3. The molecule has 0 spiro atoms. The number of hydrogen-bond acceptors (Lipinski definition) is 2. The van der Waals surface area contributed by atoms with E-state index in [4.69, 9.17) is 39.5 Å². The summed E-state index contributed by atoms with van der Waals surface area (Å²) in [6.45, 7) is 4.74. The summed E-state index contributed by atoms with van der Waals surface area (Å²) in [5.74, 6) is 0.899. The second-order valence-corrected chi connectivity index (χ2v) is 6.26. The van der Waals surface area contributed by atoms with Crippen molar-refractivity contribution in [2.24, 2.45) is 0 Å². The molecule has 0 amide bonds. The third kappa shape index (κ3) is 4.45. The largest absolute Gasteiger partial charge is 0.488 e. The van der Waals surface area contributed by atoms with Gasteiger partial charge in [-0.2, -0.15) is 0 Å².